The van der Waals surface area contributed by atoms with Gasteiger partial charge in [-0.05, 0) is 37.5 Å². The van der Waals surface area contributed by atoms with Crippen LogP contribution in [0.4, 0.5) is 0 Å². The number of carbonyl (C=O) groups is 1. The highest BCUT2D eigenvalue weighted by Crippen LogP contribution is 2.48. The second kappa shape index (κ2) is 16.2. The van der Waals surface area contributed by atoms with E-state index in [0.717, 1.165) is 0 Å². The lowest BCUT2D eigenvalue weighted by Gasteiger charge is -2.42. The van der Waals surface area contributed by atoms with Gasteiger partial charge in [0.05, 0.1) is 24.2 Å². The Kier molecular flexibility index (Phi) is 14.4. The van der Waals surface area contributed by atoms with E-state index in [1.165, 1.54) is 14.0 Å². The van der Waals surface area contributed by atoms with Crippen molar-refractivity contribution in [2.24, 2.45) is 5.92 Å². The first-order valence-corrected chi connectivity index (χ1v) is 15.4. The van der Waals surface area contributed by atoms with Crippen molar-refractivity contribution < 1.29 is 53.0 Å². The van der Waals surface area contributed by atoms with E-state index in [2.05, 4.69) is 10.6 Å². The van der Waals surface area contributed by atoms with Gasteiger partial charge in [-0.15, -0.1) is 0 Å². The molecule has 38 heavy (non-hydrogen) atoms. The molecule has 2 rings (SSSR count). The smallest absolute Gasteiger partial charge is 0.324 e. The third-order valence-electron chi connectivity index (χ3n) is 6.56. The minimum absolute atomic E-state index is 0.0908. The lowest BCUT2D eigenvalue weighted by molar-refractivity contribution is -0.270. The minimum atomic E-state index is -3.41. The van der Waals surface area contributed by atoms with Gasteiger partial charge >= 0.3 is 6.72 Å². The first kappa shape index (κ1) is 33.8. The van der Waals surface area contributed by atoms with Crippen LogP contribution in [0.3, 0.4) is 0 Å². The molecule has 1 saturated heterocycles. The molecule has 0 bridgehead atoms. The Morgan fingerprint density at radius 1 is 1.13 bits per heavy atom. The van der Waals surface area contributed by atoms with E-state index in [-0.39, 0.29) is 18.6 Å². The van der Waals surface area contributed by atoms with Crippen LogP contribution >= 0.6 is 18.9 Å². The van der Waals surface area contributed by atoms with Gasteiger partial charge in [-0.25, -0.2) is 0 Å². The van der Waals surface area contributed by atoms with Crippen molar-refractivity contribution >= 4 is 41.6 Å². The highest BCUT2D eigenvalue weighted by Gasteiger charge is 2.47. The van der Waals surface area contributed by atoms with Crippen molar-refractivity contribution in [1.29, 1.82) is 0 Å². The number of methoxy groups -OCH3 is 2. The van der Waals surface area contributed by atoms with Gasteiger partial charge in [0.25, 0.3) is 0 Å². The molecule has 1 amide bonds. The number of nitrogens with one attached hydrogen (secondary N) is 2. The number of carbonyl (C=O) groups excluding carboxylic acids is 1. The van der Waals surface area contributed by atoms with Crippen molar-refractivity contribution in [1.82, 2.24) is 10.6 Å². The average molecular weight is 605 g/mol. The third kappa shape index (κ3) is 9.61. The molecule has 2 fully saturated rings. The van der Waals surface area contributed by atoms with E-state index in [9.17, 15) is 25.0 Å². The molecule has 1 aliphatic carbocycles. The summed E-state index contributed by atoms with van der Waals surface area (Å²) in [6.45, 7) is -2.02. The van der Waals surface area contributed by atoms with Crippen molar-refractivity contribution in [2.45, 2.75) is 81.5 Å². The summed E-state index contributed by atoms with van der Waals surface area (Å²) in [5.41, 5.74) is 0. The van der Waals surface area contributed by atoms with E-state index < -0.39 is 62.1 Å². The summed E-state index contributed by atoms with van der Waals surface area (Å²) in [4.78, 5) is 22.3. The largest absolute Gasteiger partial charge is 0.394 e. The molecule has 6 N–H and O–H groups in total. The fourth-order valence-electron chi connectivity index (χ4n) is 4.73. The summed E-state index contributed by atoms with van der Waals surface area (Å²) in [6, 6.07) is -1.16. The normalized spacial score (nSPS) is 35.0. The van der Waals surface area contributed by atoms with Crippen LogP contribution in [0.1, 0.15) is 32.6 Å². The Bertz CT molecular complexity index is 813. The van der Waals surface area contributed by atoms with Gasteiger partial charge < -0.3 is 58.8 Å². The molecule has 16 heteroatoms. The van der Waals surface area contributed by atoms with E-state index >= 15 is 0 Å². The number of hydrogen-bond donors (Lipinski definition) is 6. The third-order valence-corrected chi connectivity index (χ3v) is 8.56. The fourth-order valence-corrected chi connectivity index (χ4v) is 6.01. The number of aliphatic hydroxyl groups excluding tert-OH is 3. The Morgan fingerprint density at radius 2 is 1.84 bits per heavy atom. The Hall–Kier alpha value is -0.390. The predicted octanol–water partition coefficient (Wildman–Crippen LogP) is -0.668. The molecule has 222 valence electrons. The van der Waals surface area contributed by atoms with Crippen molar-refractivity contribution in [3.63, 3.8) is 0 Å². The molecule has 0 aromatic heterocycles. The van der Waals surface area contributed by atoms with Gasteiger partial charge in [0.1, 0.15) is 36.6 Å². The van der Waals surface area contributed by atoms with Crippen molar-refractivity contribution in [2.75, 3.05) is 41.2 Å². The van der Waals surface area contributed by atoms with E-state index in [0.29, 0.717) is 37.3 Å². The van der Waals surface area contributed by atoms with Crippen LogP contribution in [-0.4, -0.2) is 121 Å². The van der Waals surface area contributed by atoms with Gasteiger partial charge in [-0.3, -0.25) is 4.79 Å². The number of aliphatic hydroxyl groups is 3. The van der Waals surface area contributed by atoms with Crippen molar-refractivity contribution in [3.05, 3.63) is 0 Å². The summed E-state index contributed by atoms with van der Waals surface area (Å²) in [6.07, 6.45) is -3.31. The second-order valence-corrected chi connectivity index (χ2v) is 12.7. The number of amides is 1. The molecule has 1 saturated carbocycles. The molecule has 0 aromatic rings. The molecule has 0 radical (unpaired) electrons. The molecule has 1 aliphatic heterocycles. The average Bonchev–Trinajstić information content (AvgIpc) is 3.17. The van der Waals surface area contributed by atoms with E-state index in [4.69, 9.17) is 52.0 Å². The monoisotopic (exact) mass is 604 g/mol. The van der Waals surface area contributed by atoms with Crippen LogP contribution in [-0.2, 0) is 44.6 Å². The molecular formula is C22H41N2O11PS2. The zero-order valence-electron chi connectivity index (χ0n) is 22.1. The molecule has 13 nitrogen and oxygen atoms in total. The molecule has 2 aliphatic rings. The molecular weight excluding hydrogens is 563 g/mol. The number of rotatable bonds is 15. The fraction of sp³-hybridized carbons (Fsp3) is 0.909. The maximum Gasteiger partial charge on any atom is 0.324 e. The first-order valence-electron chi connectivity index (χ1n) is 12.4. The van der Waals surface area contributed by atoms with Gasteiger partial charge in [-0.1, -0.05) is 12.2 Å². The lowest BCUT2D eigenvalue weighted by Crippen LogP contribution is -2.64. The summed E-state index contributed by atoms with van der Waals surface area (Å²) >= 11 is 10.6. The van der Waals surface area contributed by atoms with Crippen LogP contribution in [0.25, 0.3) is 0 Å². The first-order chi connectivity index (χ1) is 18.0. The molecule has 2 unspecified atom stereocenters. The topological polar surface area (TPSA) is 177 Å². The Labute approximate surface area is 233 Å². The van der Waals surface area contributed by atoms with Gasteiger partial charge in [0.2, 0.25) is 5.91 Å². The van der Waals surface area contributed by atoms with E-state index in [1.54, 1.807) is 14.2 Å². The summed E-state index contributed by atoms with van der Waals surface area (Å²) in [7, 11) is 4.44. The van der Waals surface area contributed by atoms with Gasteiger partial charge in [0.15, 0.2) is 6.29 Å². The molecule has 0 aromatic carbocycles. The maximum absolute atomic E-state index is 11.5. The zero-order chi connectivity index (χ0) is 28.5. The summed E-state index contributed by atoms with van der Waals surface area (Å²) < 4.78 is 32.9. The molecule has 10 atom stereocenters. The van der Waals surface area contributed by atoms with Crippen molar-refractivity contribution in [3.8, 4) is 0 Å². The standard InChI is InChI=1S/C22H41N2O11PS2/c1-12(26)23-17-19(28)18(27)15(10-25)34-22(17)33-8-6-5-7-16(37)24-14-9-13(11-30-2)20(21(14)31-3)35-36(29,38)32-4/h13-15,17-22,25,27-28H,5-11H2,1-4H3,(H,23,26)(H,24,37)(H,29,38)/t13-,14+,15-,17-,18+,19-,20?,21-,22-,36?/m1/s1. The molecule has 1 heterocycles. The quantitative estimate of drug-likeness (QED) is 0.0788. The van der Waals surface area contributed by atoms with Crippen LogP contribution in [0.5, 0.6) is 0 Å². The number of hydrogen-bond acceptors (Lipinski definition) is 12. The second-order valence-electron chi connectivity index (χ2n) is 9.31. The summed E-state index contributed by atoms with van der Waals surface area (Å²) in [5, 5.41) is 35.7. The van der Waals surface area contributed by atoms with Crippen LogP contribution in [0.2, 0.25) is 0 Å². The summed E-state index contributed by atoms with van der Waals surface area (Å²) in [5.74, 6) is -0.507. The SMILES string of the molecule is COC[C@H]1C[C@H](NC(=S)CCCCO[C@@H]2O[C@H](CO)[C@H](O)[C@H](O)[C@H]2NC(C)=O)[C@@H](OC)C1OP(O)(=S)OC. The number of ether oxygens (including phenoxy) is 4. The lowest BCUT2D eigenvalue weighted by atomic mass is 9.97. The highest BCUT2D eigenvalue weighted by atomic mass is 32.5. The number of unbranched alkanes of at least 4 members (excludes halogenated alkanes) is 1. The highest BCUT2D eigenvalue weighted by molar-refractivity contribution is 8.07. The van der Waals surface area contributed by atoms with E-state index in [1.807, 2.05) is 0 Å². The van der Waals surface area contributed by atoms with Crippen LogP contribution in [0, 0.1) is 5.92 Å². The Balaban J connectivity index is 1.85. The minimum Gasteiger partial charge on any atom is -0.394 e. The number of thiocarbonyl (C=S) groups is 1. The predicted molar refractivity (Wildman–Crippen MR) is 144 cm³/mol. The molecule has 0 spiro atoms. The van der Waals surface area contributed by atoms with Crippen LogP contribution in [0.15, 0.2) is 0 Å². The zero-order valence-corrected chi connectivity index (χ0v) is 24.6. The maximum atomic E-state index is 11.5. The van der Waals surface area contributed by atoms with Gasteiger partial charge in [0, 0.05) is 40.8 Å². The van der Waals surface area contributed by atoms with Gasteiger partial charge in [-0.2, -0.15) is 0 Å². The van der Waals surface area contributed by atoms with Crippen LogP contribution < -0.4 is 10.6 Å². The Morgan fingerprint density at radius 3 is 2.42 bits per heavy atom.